The van der Waals surface area contributed by atoms with Gasteiger partial charge in [0.05, 0.1) is 12.0 Å². The van der Waals surface area contributed by atoms with Gasteiger partial charge in [0.1, 0.15) is 5.76 Å². The average molecular weight is 385 g/mol. The van der Waals surface area contributed by atoms with Crippen molar-refractivity contribution in [3.05, 3.63) is 95.6 Å². The molecule has 4 aromatic rings. The van der Waals surface area contributed by atoms with E-state index in [0.717, 1.165) is 22.0 Å². The summed E-state index contributed by atoms with van der Waals surface area (Å²) in [4.78, 5) is 27.2. The molecule has 0 saturated carbocycles. The molecule has 0 fully saturated rings. The number of rotatable bonds is 6. The predicted octanol–water partition coefficient (Wildman–Crippen LogP) is 4.10. The van der Waals surface area contributed by atoms with E-state index < -0.39 is 5.91 Å². The zero-order valence-corrected chi connectivity index (χ0v) is 15.5. The molecular formula is C23H19N3O3. The molecule has 0 aliphatic heterocycles. The summed E-state index contributed by atoms with van der Waals surface area (Å²) in [7, 11) is 0. The van der Waals surface area contributed by atoms with Gasteiger partial charge in [0, 0.05) is 41.2 Å². The maximum Gasteiger partial charge on any atom is 0.248 e. The minimum atomic E-state index is -0.501. The summed E-state index contributed by atoms with van der Waals surface area (Å²) >= 11 is 0. The van der Waals surface area contributed by atoms with Gasteiger partial charge in [-0.1, -0.05) is 36.4 Å². The summed E-state index contributed by atoms with van der Waals surface area (Å²) in [5.41, 5.74) is 9.10. The number of H-pyrrole nitrogens is 1. The maximum atomic E-state index is 12.4. The number of carbonyl (C=O) groups is 2. The highest BCUT2D eigenvalue weighted by atomic mass is 16.3. The van der Waals surface area contributed by atoms with Crippen molar-refractivity contribution in [3.63, 3.8) is 0 Å². The topological polar surface area (TPSA) is 101 Å². The minimum absolute atomic E-state index is 0.277. The molecule has 0 atom stereocenters. The molecule has 6 heteroatoms. The molecule has 0 spiro atoms. The van der Waals surface area contributed by atoms with Crippen molar-refractivity contribution >= 4 is 34.5 Å². The first-order valence-electron chi connectivity index (χ1n) is 9.11. The highest BCUT2D eigenvalue weighted by Crippen LogP contribution is 2.23. The van der Waals surface area contributed by atoms with Gasteiger partial charge in [0.25, 0.3) is 0 Å². The lowest BCUT2D eigenvalue weighted by Crippen LogP contribution is -2.14. The zero-order valence-electron chi connectivity index (χ0n) is 15.5. The van der Waals surface area contributed by atoms with E-state index in [1.54, 1.807) is 24.3 Å². The zero-order chi connectivity index (χ0) is 20.2. The van der Waals surface area contributed by atoms with Gasteiger partial charge in [-0.2, -0.15) is 0 Å². The van der Waals surface area contributed by atoms with E-state index in [2.05, 4.69) is 10.3 Å². The first-order chi connectivity index (χ1) is 14.1. The number of benzene rings is 2. The van der Waals surface area contributed by atoms with Crippen molar-refractivity contribution in [1.82, 2.24) is 4.98 Å². The summed E-state index contributed by atoms with van der Waals surface area (Å²) in [6.45, 7) is 0. The second-order valence-electron chi connectivity index (χ2n) is 6.57. The number of amides is 2. The Hall–Kier alpha value is -4.06. The van der Waals surface area contributed by atoms with Crippen LogP contribution in [-0.2, 0) is 11.2 Å². The largest absolute Gasteiger partial charge is 0.467 e. The molecule has 4 N–H and O–H groups in total. The van der Waals surface area contributed by atoms with Crippen LogP contribution in [0.4, 0.5) is 5.69 Å². The van der Waals surface area contributed by atoms with E-state index >= 15 is 0 Å². The first kappa shape index (κ1) is 18.3. The molecule has 0 saturated heterocycles. The third-order valence-corrected chi connectivity index (χ3v) is 4.67. The van der Waals surface area contributed by atoms with Gasteiger partial charge in [-0.3, -0.25) is 9.59 Å². The summed E-state index contributed by atoms with van der Waals surface area (Å²) in [5, 5.41) is 3.87. The van der Waals surface area contributed by atoms with Crippen LogP contribution in [-0.4, -0.2) is 16.8 Å². The number of hydrogen-bond acceptors (Lipinski definition) is 3. The number of aromatic amines is 1. The Balaban J connectivity index is 1.49. The van der Waals surface area contributed by atoms with Crippen LogP contribution in [0, 0.1) is 0 Å². The fraction of sp³-hybridized carbons (Fsp3) is 0.0435. The summed E-state index contributed by atoms with van der Waals surface area (Å²) < 4.78 is 5.52. The molecular weight excluding hydrogens is 366 g/mol. The maximum absolute atomic E-state index is 12.4. The molecule has 6 nitrogen and oxygen atoms in total. The number of anilines is 1. The molecule has 2 amide bonds. The van der Waals surface area contributed by atoms with Gasteiger partial charge in [0.2, 0.25) is 11.8 Å². The molecule has 2 aromatic carbocycles. The molecule has 2 aromatic heterocycles. The summed E-state index contributed by atoms with van der Waals surface area (Å²) in [5.74, 6) is -0.229. The van der Waals surface area contributed by atoms with E-state index in [0.29, 0.717) is 23.4 Å². The Labute approximate surface area is 167 Å². The van der Waals surface area contributed by atoms with Crippen LogP contribution >= 0.6 is 0 Å². The fourth-order valence-corrected chi connectivity index (χ4v) is 3.25. The molecule has 0 unspecified atom stereocenters. The lowest BCUT2D eigenvalue weighted by Gasteiger charge is -2.07. The van der Waals surface area contributed by atoms with E-state index in [1.807, 2.05) is 42.6 Å². The Morgan fingerprint density at radius 3 is 2.72 bits per heavy atom. The van der Waals surface area contributed by atoms with Gasteiger partial charge < -0.3 is 20.5 Å². The highest BCUT2D eigenvalue weighted by molar-refractivity contribution is 6.03. The molecule has 29 heavy (non-hydrogen) atoms. The number of furan rings is 1. The molecule has 2 heterocycles. The number of fused-ring (bicyclic) bond motifs is 1. The molecule has 0 bridgehead atoms. The Morgan fingerprint density at radius 2 is 1.86 bits per heavy atom. The standard InChI is InChI=1S/C23H19N3O3/c24-23(28)18-7-2-1-5-15(18)13-21-20(11-12-29-21)26-22(27)10-9-16-14-25-19-8-4-3-6-17(16)19/h1-12,14,25H,13H2,(H2,24,28)(H,26,27). The normalized spacial score (nSPS) is 11.2. The molecule has 144 valence electrons. The van der Waals surface area contributed by atoms with Gasteiger partial charge in [-0.15, -0.1) is 0 Å². The predicted molar refractivity (Wildman–Crippen MR) is 112 cm³/mol. The lowest BCUT2D eigenvalue weighted by atomic mass is 10.0. The number of primary amides is 1. The first-order valence-corrected chi connectivity index (χ1v) is 9.11. The Kier molecular flexibility index (Phi) is 4.99. The number of aromatic nitrogens is 1. The van der Waals surface area contributed by atoms with Crippen molar-refractivity contribution in [3.8, 4) is 0 Å². The Bertz CT molecular complexity index is 1220. The number of carbonyl (C=O) groups excluding carboxylic acids is 2. The van der Waals surface area contributed by atoms with Gasteiger partial charge in [0.15, 0.2) is 0 Å². The average Bonchev–Trinajstić information content (AvgIpc) is 3.33. The van der Waals surface area contributed by atoms with Gasteiger partial charge in [-0.25, -0.2) is 0 Å². The summed E-state index contributed by atoms with van der Waals surface area (Å²) in [6, 6.07) is 16.6. The lowest BCUT2D eigenvalue weighted by molar-refractivity contribution is -0.111. The number of hydrogen-bond donors (Lipinski definition) is 3. The van der Waals surface area contributed by atoms with Crippen LogP contribution < -0.4 is 11.1 Å². The van der Waals surface area contributed by atoms with E-state index in [4.69, 9.17) is 10.2 Å². The second kappa shape index (κ2) is 7.90. The van der Waals surface area contributed by atoms with E-state index in [-0.39, 0.29) is 5.91 Å². The van der Waals surface area contributed by atoms with Gasteiger partial charge >= 0.3 is 0 Å². The van der Waals surface area contributed by atoms with Crippen LogP contribution in [0.5, 0.6) is 0 Å². The Morgan fingerprint density at radius 1 is 1.07 bits per heavy atom. The van der Waals surface area contributed by atoms with Crippen LogP contribution in [0.1, 0.15) is 27.2 Å². The molecule has 0 aliphatic rings. The van der Waals surface area contributed by atoms with Crippen LogP contribution in [0.3, 0.4) is 0 Å². The van der Waals surface area contributed by atoms with E-state index in [1.165, 1.54) is 12.3 Å². The highest BCUT2D eigenvalue weighted by Gasteiger charge is 2.13. The number of nitrogens with one attached hydrogen (secondary N) is 2. The van der Waals surface area contributed by atoms with Crippen molar-refractivity contribution in [1.29, 1.82) is 0 Å². The van der Waals surface area contributed by atoms with Crippen molar-refractivity contribution < 1.29 is 14.0 Å². The monoisotopic (exact) mass is 385 g/mol. The fourth-order valence-electron chi connectivity index (χ4n) is 3.25. The van der Waals surface area contributed by atoms with Crippen molar-refractivity contribution in [2.75, 3.05) is 5.32 Å². The molecule has 0 aliphatic carbocycles. The third-order valence-electron chi connectivity index (χ3n) is 4.67. The number of para-hydroxylation sites is 1. The smallest absolute Gasteiger partial charge is 0.248 e. The third kappa shape index (κ3) is 3.96. The molecule has 0 radical (unpaired) electrons. The minimum Gasteiger partial charge on any atom is -0.467 e. The van der Waals surface area contributed by atoms with Crippen LogP contribution in [0.2, 0.25) is 0 Å². The van der Waals surface area contributed by atoms with Gasteiger partial charge in [-0.05, 0) is 29.3 Å². The number of nitrogens with two attached hydrogens (primary N) is 1. The second-order valence-corrected chi connectivity index (χ2v) is 6.57. The van der Waals surface area contributed by atoms with Crippen LogP contribution in [0.25, 0.3) is 17.0 Å². The van der Waals surface area contributed by atoms with Crippen molar-refractivity contribution in [2.45, 2.75) is 6.42 Å². The summed E-state index contributed by atoms with van der Waals surface area (Å²) in [6.07, 6.45) is 6.94. The van der Waals surface area contributed by atoms with E-state index in [9.17, 15) is 9.59 Å². The quantitative estimate of drug-likeness (QED) is 0.436. The molecule has 4 rings (SSSR count). The van der Waals surface area contributed by atoms with Crippen molar-refractivity contribution in [2.24, 2.45) is 5.73 Å². The van der Waals surface area contributed by atoms with Crippen LogP contribution in [0.15, 0.2) is 77.6 Å². The SMILES string of the molecule is NC(=O)c1ccccc1Cc1occc1NC(=O)C=Cc1c[nH]c2ccccc12.